The highest BCUT2D eigenvalue weighted by molar-refractivity contribution is 6.38. The summed E-state index contributed by atoms with van der Waals surface area (Å²) in [4.78, 5) is 2.46. The number of anilines is 3. The second-order valence-corrected chi connectivity index (χ2v) is 17.5. The van der Waals surface area contributed by atoms with E-state index >= 15 is 0 Å². The lowest BCUT2D eigenvalue weighted by Gasteiger charge is -2.28. The summed E-state index contributed by atoms with van der Waals surface area (Å²) in [6.07, 6.45) is 0. The molecule has 0 unspecified atom stereocenters. The van der Waals surface area contributed by atoms with Gasteiger partial charge in [-0.25, -0.2) is 0 Å². The average molecular weight is 838 g/mol. The molecule has 1 heterocycles. The first kappa shape index (κ1) is 36.7. The molecule has 0 atom stereocenters. The van der Waals surface area contributed by atoms with Crippen molar-refractivity contribution in [2.45, 2.75) is 0 Å². The molecule has 14 rings (SSSR count). The molecular weight excluding hydrogens is 799 g/mol. The fraction of sp³-hybridized carbons (Fsp3) is 0. The number of furan rings is 1. The van der Waals surface area contributed by atoms with Gasteiger partial charge in [0.1, 0.15) is 11.2 Å². The number of hydrogen-bond acceptors (Lipinski definition) is 2. The average Bonchev–Trinajstić information content (AvgIpc) is 3.77. The van der Waals surface area contributed by atoms with Crippen LogP contribution in [0.3, 0.4) is 0 Å². The zero-order valence-corrected chi connectivity index (χ0v) is 35.9. The van der Waals surface area contributed by atoms with Gasteiger partial charge in [-0.3, -0.25) is 0 Å². The van der Waals surface area contributed by atoms with Gasteiger partial charge in [0, 0.05) is 32.9 Å². The molecule has 0 bridgehead atoms. The molecule has 306 valence electrons. The number of hydrogen-bond donors (Lipinski definition) is 0. The van der Waals surface area contributed by atoms with E-state index in [4.69, 9.17) is 4.42 Å². The van der Waals surface area contributed by atoms with E-state index in [1.165, 1.54) is 86.9 Å². The van der Waals surface area contributed by atoms with Crippen LogP contribution in [0.15, 0.2) is 241 Å². The number of para-hydroxylation sites is 1. The van der Waals surface area contributed by atoms with Crippen molar-refractivity contribution in [3.05, 3.63) is 237 Å². The lowest BCUT2D eigenvalue weighted by atomic mass is 9.87. The summed E-state index contributed by atoms with van der Waals surface area (Å²) in [7, 11) is 0. The van der Waals surface area contributed by atoms with E-state index in [-0.39, 0.29) is 0 Å². The maximum atomic E-state index is 6.32. The van der Waals surface area contributed by atoms with Crippen molar-refractivity contribution in [1.29, 1.82) is 0 Å². The molecule has 0 spiro atoms. The van der Waals surface area contributed by atoms with E-state index in [1.807, 2.05) is 6.07 Å². The molecule has 2 heteroatoms. The largest absolute Gasteiger partial charge is 0.456 e. The van der Waals surface area contributed by atoms with Gasteiger partial charge in [-0.15, -0.1) is 0 Å². The molecule has 0 fully saturated rings. The topological polar surface area (TPSA) is 16.4 Å². The molecule has 2 nitrogen and oxygen atoms in total. The minimum absolute atomic E-state index is 0.898. The minimum Gasteiger partial charge on any atom is -0.456 e. The Kier molecular flexibility index (Phi) is 8.02. The number of nitrogens with zero attached hydrogens (tertiary/aromatic N) is 1. The molecule has 66 heavy (non-hydrogen) atoms. The predicted octanol–water partition coefficient (Wildman–Crippen LogP) is 18.4. The van der Waals surface area contributed by atoms with E-state index in [2.05, 4.69) is 235 Å². The highest BCUT2D eigenvalue weighted by atomic mass is 16.3. The van der Waals surface area contributed by atoms with Crippen LogP contribution in [0.4, 0.5) is 17.1 Å². The van der Waals surface area contributed by atoms with Crippen LogP contribution < -0.4 is 4.90 Å². The van der Waals surface area contributed by atoms with Gasteiger partial charge in [0.25, 0.3) is 0 Å². The van der Waals surface area contributed by atoms with Crippen LogP contribution in [-0.4, -0.2) is 0 Å². The molecule has 0 N–H and O–H groups in total. The van der Waals surface area contributed by atoms with Gasteiger partial charge >= 0.3 is 0 Å². The van der Waals surface area contributed by atoms with Crippen molar-refractivity contribution in [3.63, 3.8) is 0 Å². The Morgan fingerprint density at radius 1 is 0.258 bits per heavy atom. The number of rotatable bonds is 6. The number of fused-ring (bicyclic) bond motifs is 5. The molecule has 0 aliphatic heterocycles. The molecule has 0 aliphatic carbocycles. The quantitative estimate of drug-likeness (QED) is 0.155. The van der Waals surface area contributed by atoms with Crippen LogP contribution in [-0.2, 0) is 0 Å². The third-order valence-corrected chi connectivity index (χ3v) is 14.0. The maximum absolute atomic E-state index is 6.32. The fourth-order valence-corrected chi connectivity index (χ4v) is 11.0. The van der Waals surface area contributed by atoms with E-state index < -0.39 is 0 Å². The van der Waals surface area contributed by atoms with Gasteiger partial charge in [-0.1, -0.05) is 194 Å². The van der Waals surface area contributed by atoms with Crippen molar-refractivity contribution in [1.82, 2.24) is 0 Å². The second-order valence-electron chi connectivity index (χ2n) is 17.5. The summed E-state index contributed by atoms with van der Waals surface area (Å²) < 4.78 is 6.32. The monoisotopic (exact) mass is 837 g/mol. The van der Waals surface area contributed by atoms with Gasteiger partial charge < -0.3 is 9.32 Å². The lowest BCUT2D eigenvalue weighted by Crippen LogP contribution is -2.10. The third-order valence-electron chi connectivity index (χ3n) is 14.0. The first-order chi connectivity index (χ1) is 32.7. The summed E-state index contributed by atoms with van der Waals surface area (Å²) in [5.74, 6) is 0. The summed E-state index contributed by atoms with van der Waals surface area (Å²) in [6, 6.07) is 86.7. The van der Waals surface area contributed by atoms with E-state index in [0.29, 0.717) is 0 Å². The minimum atomic E-state index is 0.898. The Balaban J connectivity index is 1.00. The molecule has 0 aliphatic rings. The van der Waals surface area contributed by atoms with E-state index in [0.717, 1.165) is 50.1 Å². The molecule has 1 aromatic heterocycles. The standard InChI is InChI=1S/C64H39NO/c1-2-11-40(12-3-1)41-25-27-42(28-26-41)43-31-35-48(36-32-43)65(49-37-33-44(34-38-49)50-17-10-24-59-63(50)56-16-4-5-23-58(56)66-59)57-39-47-15-8-20-52-51-18-6-13-45-29-30-46-14-7-19-53(61(46)60(45)51)54-21-9-22-55(57)64(54)62(47)52/h1-39H. The summed E-state index contributed by atoms with van der Waals surface area (Å²) in [5, 5.41) is 17.5. The fourth-order valence-electron chi connectivity index (χ4n) is 11.0. The predicted molar refractivity (Wildman–Crippen MR) is 281 cm³/mol. The Morgan fingerprint density at radius 2 is 0.697 bits per heavy atom. The summed E-state index contributed by atoms with van der Waals surface area (Å²) >= 11 is 0. The Hall–Kier alpha value is -8.72. The normalized spacial score (nSPS) is 11.9. The van der Waals surface area contributed by atoms with Crippen molar-refractivity contribution in [2.24, 2.45) is 0 Å². The van der Waals surface area contributed by atoms with Gasteiger partial charge in [-0.05, 0) is 130 Å². The van der Waals surface area contributed by atoms with Crippen LogP contribution in [0, 0.1) is 0 Å². The summed E-state index contributed by atoms with van der Waals surface area (Å²) in [6.45, 7) is 0. The molecule has 13 aromatic carbocycles. The van der Waals surface area contributed by atoms with Crippen molar-refractivity contribution < 1.29 is 4.42 Å². The van der Waals surface area contributed by atoms with Crippen LogP contribution in [0.1, 0.15) is 0 Å². The zero-order chi connectivity index (χ0) is 43.3. The Morgan fingerprint density at radius 3 is 1.33 bits per heavy atom. The van der Waals surface area contributed by atoms with Crippen molar-refractivity contribution in [3.8, 4) is 33.4 Å². The molecule has 0 saturated heterocycles. The van der Waals surface area contributed by atoms with Crippen LogP contribution in [0.5, 0.6) is 0 Å². The third kappa shape index (κ3) is 5.55. The molecule has 0 radical (unpaired) electrons. The second kappa shape index (κ2) is 14.4. The van der Waals surface area contributed by atoms with Gasteiger partial charge in [-0.2, -0.15) is 0 Å². The molecule has 0 amide bonds. The van der Waals surface area contributed by atoms with Gasteiger partial charge in [0.05, 0.1) is 5.69 Å². The first-order valence-electron chi connectivity index (χ1n) is 22.7. The van der Waals surface area contributed by atoms with Crippen LogP contribution in [0.2, 0.25) is 0 Å². The molecule has 14 aromatic rings. The van der Waals surface area contributed by atoms with Crippen molar-refractivity contribution >= 4 is 104 Å². The van der Waals surface area contributed by atoms with Gasteiger partial charge in [0.15, 0.2) is 0 Å². The number of benzene rings is 12. The molecular formula is C64H39NO. The van der Waals surface area contributed by atoms with E-state index in [9.17, 15) is 0 Å². The first-order valence-corrected chi connectivity index (χ1v) is 22.7. The summed E-state index contributed by atoms with van der Waals surface area (Å²) in [5.41, 5.74) is 12.2. The van der Waals surface area contributed by atoms with Crippen molar-refractivity contribution in [2.75, 3.05) is 4.90 Å². The molecule has 0 saturated carbocycles. The van der Waals surface area contributed by atoms with E-state index in [1.54, 1.807) is 0 Å². The highest BCUT2D eigenvalue weighted by Gasteiger charge is 2.22. The Labute approximate surface area is 381 Å². The smallest absolute Gasteiger partial charge is 0.136 e. The van der Waals surface area contributed by atoms with Crippen LogP contribution >= 0.6 is 0 Å². The lowest BCUT2D eigenvalue weighted by molar-refractivity contribution is 0.669. The van der Waals surface area contributed by atoms with Crippen LogP contribution in [0.25, 0.3) is 120 Å². The highest BCUT2D eigenvalue weighted by Crippen LogP contribution is 2.49. The SMILES string of the molecule is c1ccc(-c2ccc(-c3ccc(N(c4ccc(-c5cccc6oc7ccccc7c56)cc4)c4cc5cccc6c7cccc8ccc9cccc(c%10cccc4c%10c56)c9c87)cc3)cc2)cc1. The Bertz CT molecular complexity index is 4180. The maximum Gasteiger partial charge on any atom is 0.136 e. The van der Waals surface area contributed by atoms with Gasteiger partial charge in [0.2, 0.25) is 0 Å². The zero-order valence-electron chi connectivity index (χ0n) is 35.9.